The number of rotatable bonds is 8. The van der Waals surface area contributed by atoms with Gasteiger partial charge in [-0.2, -0.15) is 0 Å². The summed E-state index contributed by atoms with van der Waals surface area (Å²) < 4.78 is 10.1. The third-order valence-electron chi connectivity index (χ3n) is 3.56. The second-order valence-corrected chi connectivity index (χ2v) is 6.92. The van der Waals surface area contributed by atoms with E-state index in [2.05, 4.69) is 15.6 Å². The number of carbonyl (C=O) groups is 2. The summed E-state index contributed by atoms with van der Waals surface area (Å²) in [4.78, 5) is 38.9. The Kier molecular flexibility index (Phi) is 7.13. The molecular formula is C16H20N4O6S. The summed E-state index contributed by atoms with van der Waals surface area (Å²) in [7, 11) is 2.91. The number of amidine groups is 1. The zero-order chi connectivity index (χ0) is 20.0. The smallest absolute Gasteiger partial charge is 0.273 e. The molecule has 11 heteroatoms. The highest BCUT2D eigenvalue weighted by Gasteiger charge is 2.32. The number of methoxy groups -OCH3 is 2. The van der Waals surface area contributed by atoms with Crippen molar-refractivity contribution in [1.29, 1.82) is 0 Å². The summed E-state index contributed by atoms with van der Waals surface area (Å²) >= 11 is 1.18. The summed E-state index contributed by atoms with van der Waals surface area (Å²) in [5.74, 6) is -0.549. The molecule has 0 bridgehead atoms. The highest BCUT2D eigenvalue weighted by Crippen LogP contribution is 2.30. The fourth-order valence-corrected chi connectivity index (χ4v) is 3.42. The molecule has 1 aliphatic rings. The number of ether oxygens (including phenoxy) is 2. The molecule has 2 amide bonds. The van der Waals surface area contributed by atoms with Crippen molar-refractivity contribution < 1.29 is 24.0 Å². The van der Waals surface area contributed by atoms with Crippen molar-refractivity contribution in [1.82, 2.24) is 5.32 Å². The van der Waals surface area contributed by atoms with Gasteiger partial charge in [-0.1, -0.05) is 11.8 Å². The Labute approximate surface area is 159 Å². The van der Waals surface area contributed by atoms with Gasteiger partial charge in [0.15, 0.2) is 5.17 Å². The predicted octanol–water partition coefficient (Wildman–Crippen LogP) is 1.55. The molecule has 1 fully saturated rings. The quantitative estimate of drug-likeness (QED) is 0.503. The number of nitrogens with zero attached hydrogens (tertiary/aromatic N) is 2. The van der Waals surface area contributed by atoms with Crippen molar-refractivity contribution in [3.63, 3.8) is 0 Å². The van der Waals surface area contributed by atoms with E-state index >= 15 is 0 Å². The van der Waals surface area contributed by atoms with Crippen molar-refractivity contribution >= 4 is 40.1 Å². The van der Waals surface area contributed by atoms with Crippen LogP contribution < -0.4 is 15.4 Å². The van der Waals surface area contributed by atoms with Crippen molar-refractivity contribution in [2.24, 2.45) is 4.99 Å². The van der Waals surface area contributed by atoms with Crippen LogP contribution in [0.25, 0.3) is 0 Å². The van der Waals surface area contributed by atoms with Crippen LogP contribution in [0.2, 0.25) is 0 Å². The Morgan fingerprint density at radius 1 is 1.48 bits per heavy atom. The number of aliphatic imine (C=N–C) groups is 1. The zero-order valence-corrected chi connectivity index (χ0v) is 15.9. The van der Waals surface area contributed by atoms with E-state index in [1.54, 1.807) is 7.11 Å². The third kappa shape index (κ3) is 5.66. The van der Waals surface area contributed by atoms with Crippen LogP contribution in [-0.2, 0) is 14.3 Å². The maximum Gasteiger partial charge on any atom is 0.273 e. The van der Waals surface area contributed by atoms with E-state index in [1.165, 1.54) is 37.1 Å². The maximum absolute atomic E-state index is 12.3. The van der Waals surface area contributed by atoms with Gasteiger partial charge in [0.25, 0.3) is 5.69 Å². The van der Waals surface area contributed by atoms with Crippen molar-refractivity contribution in [3.8, 4) is 5.75 Å². The van der Waals surface area contributed by atoms with Crippen LogP contribution in [0.5, 0.6) is 5.75 Å². The standard InChI is InChI=1S/C16H20N4O6S/c1-9(8-25-2)17-16-19-15(22)13(27-16)7-14(21)18-11-5-4-10(20(23)24)6-12(11)26-3/h4-6,9,13H,7-8H2,1-3H3,(H,18,21)(H,17,19,22). The first-order valence-corrected chi connectivity index (χ1v) is 8.88. The molecule has 27 heavy (non-hydrogen) atoms. The summed E-state index contributed by atoms with van der Waals surface area (Å²) in [6.07, 6.45) is -0.0751. The summed E-state index contributed by atoms with van der Waals surface area (Å²) in [6.45, 7) is 2.27. The number of anilines is 1. The van der Waals surface area contributed by atoms with E-state index in [4.69, 9.17) is 9.47 Å². The Bertz CT molecular complexity index is 769. The fourth-order valence-electron chi connectivity index (χ4n) is 2.35. The lowest BCUT2D eigenvalue weighted by molar-refractivity contribution is -0.384. The number of nitro groups is 1. The van der Waals surface area contributed by atoms with Crippen LogP contribution in [-0.4, -0.2) is 54.0 Å². The number of amides is 2. The Morgan fingerprint density at radius 2 is 2.22 bits per heavy atom. The van der Waals surface area contributed by atoms with Crippen molar-refractivity contribution in [2.45, 2.75) is 24.6 Å². The van der Waals surface area contributed by atoms with Gasteiger partial charge >= 0.3 is 0 Å². The van der Waals surface area contributed by atoms with Crippen LogP contribution in [0.15, 0.2) is 23.2 Å². The van der Waals surface area contributed by atoms with Gasteiger partial charge in [-0.25, -0.2) is 0 Å². The highest BCUT2D eigenvalue weighted by atomic mass is 32.2. The van der Waals surface area contributed by atoms with Gasteiger partial charge in [-0.3, -0.25) is 24.7 Å². The molecule has 2 N–H and O–H groups in total. The SMILES string of the molecule is COCC(C)N=C1NC(=O)C(CC(=O)Nc2ccc([N+](=O)[O-])cc2OC)S1. The van der Waals surface area contributed by atoms with Crippen LogP contribution in [0, 0.1) is 10.1 Å². The predicted molar refractivity (Wildman–Crippen MR) is 101 cm³/mol. The van der Waals surface area contributed by atoms with E-state index in [1.807, 2.05) is 6.92 Å². The summed E-state index contributed by atoms with van der Waals surface area (Å²) in [5.41, 5.74) is 0.140. The molecule has 2 unspecified atom stereocenters. The lowest BCUT2D eigenvalue weighted by Crippen LogP contribution is -2.28. The van der Waals surface area contributed by atoms with E-state index < -0.39 is 16.1 Å². The minimum Gasteiger partial charge on any atom is -0.494 e. The van der Waals surface area contributed by atoms with E-state index in [0.717, 1.165) is 0 Å². The normalized spacial score (nSPS) is 18.9. The molecular weight excluding hydrogens is 376 g/mol. The Morgan fingerprint density at radius 3 is 2.85 bits per heavy atom. The van der Waals surface area contributed by atoms with E-state index in [-0.39, 0.29) is 29.8 Å². The molecule has 0 radical (unpaired) electrons. The molecule has 1 aromatic carbocycles. The van der Waals surface area contributed by atoms with Crippen LogP contribution >= 0.6 is 11.8 Å². The molecule has 2 rings (SSSR count). The molecule has 146 valence electrons. The van der Waals surface area contributed by atoms with Crippen molar-refractivity contribution in [3.05, 3.63) is 28.3 Å². The number of carbonyl (C=O) groups excluding carboxylic acids is 2. The number of nitro benzene ring substituents is 1. The monoisotopic (exact) mass is 396 g/mol. The molecule has 1 aliphatic heterocycles. The molecule has 10 nitrogen and oxygen atoms in total. The van der Waals surface area contributed by atoms with E-state index in [9.17, 15) is 19.7 Å². The molecule has 0 spiro atoms. The second kappa shape index (κ2) is 9.33. The number of hydrogen-bond acceptors (Lipinski definition) is 8. The summed E-state index contributed by atoms with van der Waals surface area (Å²) in [5, 5.41) is 15.9. The van der Waals surface area contributed by atoms with Gasteiger partial charge in [0.05, 0.1) is 36.4 Å². The molecule has 1 saturated heterocycles. The summed E-state index contributed by atoms with van der Waals surface area (Å²) in [6, 6.07) is 3.75. The van der Waals surface area contributed by atoms with Gasteiger partial charge < -0.3 is 20.1 Å². The fraction of sp³-hybridized carbons (Fsp3) is 0.438. The Balaban J connectivity index is 2.00. The lowest BCUT2D eigenvalue weighted by Gasteiger charge is -2.11. The van der Waals surface area contributed by atoms with Crippen LogP contribution in [0.1, 0.15) is 13.3 Å². The molecule has 0 aliphatic carbocycles. The zero-order valence-electron chi connectivity index (χ0n) is 15.1. The maximum atomic E-state index is 12.3. The van der Waals surface area contributed by atoms with Gasteiger partial charge in [0.1, 0.15) is 11.0 Å². The molecule has 2 atom stereocenters. The third-order valence-corrected chi connectivity index (χ3v) is 4.66. The number of hydrogen-bond donors (Lipinski definition) is 2. The number of benzene rings is 1. The molecule has 0 saturated carbocycles. The molecule has 1 aromatic rings. The van der Waals surface area contributed by atoms with Gasteiger partial charge in [0, 0.05) is 19.6 Å². The van der Waals surface area contributed by atoms with Gasteiger partial charge in [-0.15, -0.1) is 0 Å². The first kappa shape index (κ1) is 20.6. The van der Waals surface area contributed by atoms with Crippen LogP contribution in [0.3, 0.4) is 0 Å². The van der Waals surface area contributed by atoms with Gasteiger partial charge in [-0.05, 0) is 13.0 Å². The lowest BCUT2D eigenvalue weighted by atomic mass is 10.2. The first-order chi connectivity index (χ1) is 12.8. The van der Waals surface area contributed by atoms with E-state index in [0.29, 0.717) is 17.5 Å². The second-order valence-electron chi connectivity index (χ2n) is 5.73. The Hall–Kier alpha value is -2.66. The molecule has 0 aromatic heterocycles. The first-order valence-electron chi connectivity index (χ1n) is 8.00. The number of nitrogens with one attached hydrogen (secondary N) is 2. The average Bonchev–Trinajstić information content (AvgIpc) is 2.93. The minimum atomic E-state index is -0.609. The number of non-ortho nitro benzene ring substituents is 1. The average molecular weight is 396 g/mol. The largest absolute Gasteiger partial charge is 0.494 e. The molecule has 1 heterocycles. The van der Waals surface area contributed by atoms with Crippen LogP contribution in [0.4, 0.5) is 11.4 Å². The number of thioether (sulfide) groups is 1. The minimum absolute atomic E-state index is 0.0751. The highest BCUT2D eigenvalue weighted by molar-refractivity contribution is 8.15. The van der Waals surface area contributed by atoms with Gasteiger partial charge in [0.2, 0.25) is 11.8 Å². The van der Waals surface area contributed by atoms with Crippen molar-refractivity contribution in [2.75, 3.05) is 26.1 Å². The topological polar surface area (TPSA) is 132 Å².